The van der Waals surface area contributed by atoms with Crippen molar-refractivity contribution in [2.24, 2.45) is 11.8 Å². The molecule has 4 heteroatoms. The molecule has 1 aliphatic heterocycles. The van der Waals surface area contributed by atoms with Gasteiger partial charge in [-0.15, -0.1) is 0 Å². The zero-order valence-electron chi connectivity index (χ0n) is 12.2. The van der Waals surface area contributed by atoms with Crippen LogP contribution in [0.1, 0.15) is 48.0 Å². The van der Waals surface area contributed by atoms with E-state index in [1.165, 1.54) is 38.2 Å². The Hall–Kier alpha value is -1.42. The molecule has 3 nitrogen and oxygen atoms in total. The Morgan fingerprint density at radius 3 is 2.71 bits per heavy atom. The smallest absolute Gasteiger partial charge is 0.335 e. The van der Waals surface area contributed by atoms with Crippen molar-refractivity contribution in [2.75, 3.05) is 13.1 Å². The summed E-state index contributed by atoms with van der Waals surface area (Å²) in [7, 11) is 0. The van der Waals surface area contributed by atoms with Crippen LogP contribution in [0.3, 0.4) is 0 Å². The SMILES string of the molecule is O=C(O)c1cc(F)cc(CN2CCC3CCCCC3C2)c1. The van der Waals surface area contributed by atoms with E-state index in [0.29, 0.717) is 6.54 Å². The number of carboxylic acids is 1. The fourth-order valence-corrected chi connectivity index (χ4v) is 3.94. The number of halogens is 1. The van der Waals surface area contributed by atoms with Crippen molar-refractivity contribution in [3.8, 4) is 0 Å². The summed E-state index contributed by atoms with van der Waals surface area (Å²) in [5.41, 5.74) is 0.805. The minimum Gasteiger partial charge on any atom is -0.478 e. The molecule has 1 heterocycles. The van der Waals surface area contributed by atoms with Gasteiger partial charge in [-0.05, 0) is 55.0 Å². The van der Waals surface area contributed by atoms with Crippen LogP contribution in [-0.4, -0.2) is 29.1 Å². The molecule has 114 valence electrons. The van der Waals surface area contributed by atoms with Crippen LogP contribution in [0.5, 0.6) is 0 Å². The Kier molecular flexibility index (Phi) is 4.24. The minimum atomic E-state index is -1.07. The Balaban J connectivity index is 1.68. The number of rotatable bonds is 3. The molecule has 1 saturated heterocycles. The second-order valence-electron chi connectivity index (χ2n) is 6.48. The predicted octanol–water partition coefficient (Wildman–Crippen LogP) is 3.54. The lowest BCUT2D eigenvalue weighted by Crippen LogP contribution is -2.41. The van der Waals surface area contributed by atoms with Gasteiger partial charge in [0.1, 0.15) is 5.82 Å². The summed E-state index contributed by atoms with van der Waals surface area (Å²) < 4.78 is 13.5. The molecular formula is C17H22FNO2. The van der Waals surface area contributed by atoms with E-state index in [1.54, 1.807) is 6.07 Å². The average molecular weight is 291 g/mol. The molecule has 0 bridgehead atoms. The summed E-state index contributed by atoms with van der Waals surface area (Å²) >= 11 is 0. The first kappa shape index (κ1) is 14.5. The third-order valence-corrected chi connectivity index (χ3v) is 4.99. The molecule has 2 aliphatic rings. The lowest BCUT2D eigenvalue weighted by atomic mass is 9.75. The van der Waals surface area contributed by atoms with Crippen LogP contribution in [0.15, 0.2) is 18.2 Å². The molecule has 1 aromatic carbocycles. The Bertz CT molecular complexity index is 532. The van der Waals surface area contributed by atoms with Crippen LogP contribution in [0, 0.1) is 17.7 Å². The quantitative estimate of drug-likeness (QED) is 0.926. The van der Waals surface area contributed by atoms with E-state index in [-0.39, 0.29) is 5.56 Å². The van der Waals surface area contributed by atoms with Crippen molar-refractivity contribution in [3.05, 3.63) is 35.1 Å². The van der Waals surface area contributed by atoms with E-state index in [4.69, 9.17) is 5.11 Å². The van der Waals surface area contributed by atoms with Gasteiger partial charge < -0.3 is 5.11 Å². The second-order valence-corrected chi connectivity index (χ2v) is 6.48. The first-order chi connectivity index (χ1) is 10.1. The molecular weight excluding hydrogens is 269 g/mol. The zero-order chi connectivity index (χ0) is 14.8. The van der Waals surface area contributed by atoms with Crippen molar-refractivity contribution in [1.29, 1.82) is 0 Å². The monoisotopic (exact) mass is 291 g/mol. The fourth-order valence-electron chi connectivity index (χ4n) is 3.94. The maximum Gasteiger partial charge on any atom is 0.335 e. The fraction of sp³-hybridized carbons (Fsp3) is 0.588. The number of hydrogen-bond donors (Lipinski definition) is 1. The number of carbonyl (C=O) groups is 1. The van der Waals surface area contributed by atoms with E-state index < -0.39 is 11.8 Å². The van der Waals surface area contributed by atoms with E-state index in [1.807, 2.05) is 0 Å². The molecule has 3 rings (SSSR count). The van der Waals surface area contributed by atoms with Crippen LogP contribution >= 0.6 is 0 Å². The summed E-state index contributed by atoms with van der Waals surface area (Å²) in [5.74, 6) is 0.122. The largest absolute Gasteiger partial charge is 0.478 e. The van der Waals surface area contributed by atoms with E-state index in [2.05, 4.69) is 4.90 Å². The van der Waals surface area contributed by atoms with E-state index >= 15 is 0 Å². The van der Waals surface area contributed by atoms with E-state index in [9.17, 15) is 9.18 Å². The average Bonchev–Trinajstić information content (AvgIpc) is 2.46. The van der Waals surface area contributed by atoms with Gasteiger partial charge in [0.2, 0.25) is 0 Å². The van der Waals surface area contributed by atoms with Crippen molar-refractivity contribution >= 4 is 5.97 Å². The molecule has 1 aliphatic carbocycles. The lowest BCUT2D eigenvalue weighted by molar-refractivity contribution is 0.0695. The third kappa shape index (κ3) is 3.43. The maximum absolute atomic E-state index is 13.5. The Labute approximate surface area is 124 Å². The Morgan fingerprint density at radius 2 is 1.95 bits per heavy atom. The highest BCUT2D eigenvalue weighted by molar-refractivity contribution is 5.87. The molecule has 1 N–H and O–H groups in total. The highest BCUT2D eigenvalue weighted by Crippen LogP contribution is 2.36. The molecule has 21 heavy (non-hydrogen) atoms. The van der Waals surface area contributed by atoms with Crippen molar-refractivity contribution in [1.82, 2.24) is 4.90 Å². The van der Waals surface area contributed by atoms with Gasteiger partial charge in [0.15, 0.2) is 0 Å². The standard InChI is InChI=1S/C17H22FNO2/c18-16-8-12(7-15(9-16)17(20)21)10-19-6-5-13-3-1-2-4-14(13)11-19/h7-9,13-14H,1-6,10-11H2,(H,20,21). The third-order valence-electron chi connectivity index (χ3n) is 4.99. The number of carboxylic acid groups (broad SMARTS) is 1. The van der Waals surface area contributed by atoms with Gasteiger partial charge in [0.05, 0.1) is 5.56 Å². The number of piperidine rings is 1. The lowest BCUT2D eigenvalue weighted by Gasteiger charge is -2.41. The second kappa shape index (κ2) is 6.14. The van der Waals surface area contributed by atoms with Crippen molar-refractivity contribution < 1.29 is 14.3 Å². The topological polar surface area (TPSA) is 40.5 Å². The molecule has 1 aromatic rings. The Morgan fingerprint density at radius 1 is 1.19 bits per heavy atom. The molecule has 2 unspecified atom stereocenters. The number of hydrogen-bond acceptors (Lipinski definition) is 2. The van der Waals surface area contributed by atoms with Gasteiger partial charge in [-0.2, -0.15) is 0 Å². The minimum absolute atomic E-state index is 0.0394. The normalized spacial score (nSPS) is 26.3. The van der Waals surface area contributed by atoms with Crippen molar-refractivity contribution in [2.45, 2.75) is 38.6 Å². The molecule has 0 radical (unpaired) electrons. The van der Waals surface area contributed by atoms with Gasteiger partial charge in [-0.3, -0.25) is 4.90 Å². The van der Waals surface area contributed by atoms with Crippen LogP contribution in [0.25, 0.3) is 0 Å². The highest BCUT2D eigenvalue weighted by Gasteiger charge is 2.30. The summed E-state index contributed by atoms with van der Waals surface area (Å²) in [6.07, 6.45) is 6.60. The van der Waals surface area contributed by atoms with Crippen molar-refractivity contribution in [3.63, 3.8) is 0 Å². The van der Waals surface area contributed by atoms with Crippen LogP contribution < -0.4 is 0 Å². The van der Waals surface area contributed by atoms with Gasteiger partial charge in [-0.1, -0.05) is 19.3 Å². The summed E-state index contributed by atoms with van der Waals surface area (Å²) in [4.78, 5) is 13.4. The molecule has 2 fully saturated rings. The summed E-state index contributed by atoms with van der Waals surface area (Å²) in [5, 5.41) is 9.01. The highest BCUT2D eigenvalue weighted by atomic mass is 19.1. The summed E-state index contributed by atoms with van der Waals surface area (Å²) in [6, 6.07) is 4.14. The zero-order valence-corrected chi connectivity index (χ0v) is 12.2. The molecule has 0 spiro atoms. The van der Waals surface area contributed by atoms with Gasteiger partial charge >= 0.3 is 5.97 Å². The number of aromatic carboxylic acids is 1. The number of benzene rings is 1. The molecule has 1 saturated carbocycles. The predicted molar refractivity (Wildman–Crippen MR) is 78.7 cm³/mol. The van der Waals surface area contributed by atoms with E-state index in [0.717, 1.165) is 36.6 Å². The van der Waals surface area contributed by atoms with Crippen LogP contribution in [-0.2, 0) is 6.54 Å². The number of nitrogens with zero attached hydrogens (tertiary/aromatic N) is 1. The summed E-state index contributed by atoms with van der Waals surface area (Å²) in [6.45, 7) is 2.77. The molecule has 0 aromatic heterocycles. The van der Waals surface area contributed by atoms with Crippen LogP contribution in [0.4, 0.5) is 4.39 Å². The number of likely N-dealkylation sites (tertiary alicyclic amines) is 1. The maximum atomic E-state index is 13.5. The molecule has 0 amide bonds. The van der Waals surface area contributed by atoms with Gasteiger partial charge in [0.25, 0.3) is 0 Å². The first-order valence-corrected chi connectivity index (χ1v) is 7.87. The van der Waals surface area contributed by atoms with Gasteiger partial charge in [-0.25, -0.2) is 9.18 Å². The molecule has 2 atom stereocenters. The number of fused-ring (bicyclic) bond motifs is 1. The first-order valence-electron chi connectivity index (χ1n) is 7.87. The van der Waals surface area contributed by atoms with Crippen LogP contribution in [0.2, 0.25) is 0 Å². The van der Waals surface area contributed by atoms with Gasteiger partial charge in [0, 0.05) is 13.1 Å².